The Bertz CT molecular complexity index is 1480. The molecule has 45 heavy (non-hydrogen) atoms. The van der Waals surface area contributed by atoms with Crippen molar-refractivity contribution < 1.29 is 50.2 Å². The second kappa shape index (κ2) is 12.5. The number of nitrogens with one attached hydrogen (secondary N) is 2. The summed E-state index contributed by atoms with van der Waals surface area (Å²) in [5.41, 5.74) is -1.30. The highest BCUT2D eigenvalue weighted by Crippen LogP contribution is 2.54. The maximum atomic E-state index is 13.8. The largest absolute Gasteiger partial charge is 0.496 e. The van der Waals surface area contributed by atoms with Crippen LogP contribution in [0.1, 0.15) is 41.6 Å². The highest BCUT2D eigenvalue weighted by Gasteiger charge is 2.55. The molecule has 14 heteroatoms. The van der Waals surface area contributed by atoms with Crippen molar-refractivity contribution in [3.8, 4) is 5.75 Å². The number of carbonyl (C=O) groups is 2. The number of fused-ring (bicyclic) bond motifs is 2. The number of anilines is 2. The van der Waals surface area contributed by atoms with Gasteiger partial charge in [0.05, 0.1) is 24.2 Å². The number of nitrogens with zero attached hydrogens (tertiary/aromatic N) is 1. The van der Waals surface area contributed by atoms with Crippen molar-refractivity contribution in [2.24, 2.45) is 23.7 Å². The lowest BCUT2D eigenvalue weighted by Gasteiger charge is -2.34. The van der Waals surface area contributed by atoms with Crippen LogP contribution < -0.4 is 20.3 Å². The van der Waals surface area contributed by atoms with Crippen molar-refractivity contribution in [2.45, 2.75) is 44.1 Å². The standard InChI is InChI=1S/C31H32F7N3O4/c1-45-25-9-5-18(41-10-2-3-16(14-41)15-42)12-21(25)28(43)40-27-20-7-6-19(22(20)13-30(33,34)35)26(27)29(44)39-17-4-8-24(32)23(11-17)31(36,37)38/h4-5,8-9,11-13,16,19-20,26-27,42H,2-3,6-7,10,14-15H2,1H3,(H,39,44)(H,40,43). The molecule has 2 aromatic rings. The fourth-order valence-electron chi connectivity index (χ4n) is 6.97. The summed E-state index contributed by atoms with van der Waals surface area (Å²) in [7, 11) is 1.35. The topological polar surface area (TPSA) is 90.9 Å². The second-order valence-electron chi connectivity index (χ2n) is 11.7. The third kappa shape index (κ3) is 6.90. The molecule has 1 heterocycles. The highest BCUT2D eigenvalue weighted by molar-refractivity contribution is 6.00. The lowest BCUT2D eigenvalue weighted by Crippen LogP contribution is -2.48. The molecule has 0 radical (unpaired) electrons. The number of benzene rings is 2. The maximum Gasteiger partial charge on any atom is 0.419 e. The first-order chi connectivity index (χ1) is 21.2. The van der Waals surface area contributed by atoms with E-state index in [4.69, 9.17) is 4.74 Å². The number of rotatable bonds is 7. The van der Waals surface area contributed by atoms with Gasteiger partial charge in [0.1, 0.15) is 11.6 Å². The number of amides is 2. The number of allylic oxidation sites excluding steroid dienone is 1. The summed E-state index contributed by atoms with van der Waals surface area (Å²) in [4.78, 5) is 29.3. The summed E-state index contributed by atoms with van der Waals surface area (Å²) in [6.45, 7) is 1.25. The Hall–Kier alpha value is -3.81. The van der Waals surface area contributed by atoms with Crippen LogP contribution in [0.5, 0.6) is 5.75 Å². The van der Waals surface area contributed by atoms with Crippen LogP contribution in [-0.4, -0.2) is 55.9 Å². The lowest BCUT2D eigenvalue weighted by molar-refractivity contribution is -0.140. The smallest absolute Gasteiger partial charge is 0.419 e. The molecule has 5 rings (SSSR count). The van der Waals surface area contributed by atoms with E-state index in [1.165, 1.54) is 7.11 Å². The highest BCUT2D eigenvalue weighted by atomic mass is 19.4. The van der Waals surface area contributed by atoms with Gasteiger partial charge in [-0.2, -0.15) is 26.3 Å². The summed E-state index contributed by atoms with van der Waals surface area (Å²) in [6, 6.07) is 5.68. The molecule has 2 aliphatic carbocycles. The molecule has 0 spiro atoms. The van der Waals surface area contributed by atoms with Crippen LogP contribution in [0.4, 0.5) is 42.1 Å². The van der Waals surface area contributed by atoms with Gasteiger partial charge in [-0.3, -0.25) is 9.59 Å². The van der Waals surface area contributed by atoms with Crippen LogP contribution in [0.15, 0.2) is 48.0 Å². The monoisotopic (exact) mass is 643 g/mol. The molecule has 2 aromatic carbocycles. The van der Waals surface area contributed by atoms with Crippen LogP contribution in [0, 0.1) is 29.5 Å². The van der Waals surface area contributed by atoms with Crippen molar-refractivity contribution >= 4 is 23.2 Å². The summed E-state index contributed by atoms with van der Waals surface area (Å²) < 4.78 is 99.6. The predicted octanol–water partition coefficient (Wildman–Crippen LogP) is 5.94. The van der Waals surface area contributed by atoms with Crippen LogP contribution >= 0.6 is 0 Å². The number of ether oxygens (including phenoxy) is 1. The summed E-state index contributed by atoms with van der Waals surface area (Å²) in [6.07, 6.45) is -7.47. The Morgan fingerprint density at radius 2 is 1.78 bits per heavy atom. The minimum absolute atomic E-state index is 0.0108. The molecule has 5 unspecified atom stereocenters. The fraction of sp³-hybridized carbons (Fsp3) is 0.484. The Balaban J connectivity index is 1.45. The molecular formula is C31H32F7N3O4. The van der Waals surface area contributed by atoms with Crippen LogP contribution in [-0.2, 0) is 11.0 Å². The van der Waals surface area contributed by atoms with E-state index in [9.17, 15) is 45.4 Å². The molecular weight excluding hydrogens is 611 g/mol. The molecule has 3 N–H and O–H groups in total. The van der Waals surface area contributed by atoms with Crippen LogP contribution in [0.3, 0.4) is 0 Å². The summed E-state index contributed by atoms with van der Waals surface area (Å²) >= 11 is 0. The number of piperidine rings is 1. The quantitative estimate of drug-likeness (QED) is 0.257. The molecule has 5 atom stereocenters. The SMILES string of the molecule is COc1ccc(N2CCCC(CO)C2)cc1C(=O)NC1C2CCC(C2=CC(F)(F)F)C1C(=O)Nc1ccc(F)c(C(F)(F)F)c1. The molecule has 2 amide bonds. The predicted molar refractivity (Wildman–Crippen MR) is 150 cm³/mol. The van der Waals surface area contributed by atoms with Gasteiger partial charge in [0, 0.05) is 49.1 Å². The minimum atomic E-state index is -5.04. The first-order valence-electron chi connectivity index (χ1n) is 14.5. The van der Waals surface area contributed by atoms with Gasteiger partial charge in [-0.05, 0) is 73.9 Å². The molecule has 244 valence electrons. The summed E-state index contributed by atoms with van der Waals surface area (Å²) in [5, 5.41) is 14.7. The fourth-order valence-corrected chi connectivity index (χ4v) is 6.97. The van der Waals surface area contributed by atoms with E-state index in [0.29, 0.717) is 30.9 Å². The number of carbonyl (C=O) groups excluding carboxylic acids is 2. The average Bonchev–Trinajstić information content (AvgIpc) is 3.49. The Morgan fingerprint density at radius 3 is 2.44 bits per heavy atom. The molecule has 0 aromatic heterocycles. The zero-order valence-electron chi connectivity index (χ0n) is 24.1. The van der Waals surface area contributed by atoms with E-state index in [-0.39, 0.29) is 54.0 Å². The molecule has 1 saturated heterocycles. The van der Waals surface area contributed by atoms with Crippen molar-refractivity contribution in [3.05, 3.63) is 65.0 Å². The normalized spacial score (nSPS) is 25.8. The number of aliphatic hydroxyl groups excluding tert-OH is 1. The molecule has 3 aliphatic rings. The van der Waals surface area contributed by atoms with Gasteiger partial charge in [-0.1, -0.05) is 5.57 Å². The number of hydrogen-bond acceptors (Lipinski definition) is 5. The lowest BCUT2D eigenvalue weighted by atomic mass is 9.83. The molecule has 2 saturated carbocycles. The van der Waals surface area contributed by atoms with E-state index >= 15 is 0 Å². The molecule has 2 bridgehead atoms. The zero-order valence-corrected chi connectivity index (χ0v) is 24.1. The van der Waals surface area contributed by atoms with Gasteiger partial charge in [-0.25, -0.2) is 4.39 Å². The zero-order chi connectivity index (χ0) is 32.7. The Labute approximate surface area is 254 Å². The van der Waals surface area contributed by atoms with Gasteiger partial charge in [-0.15, -0.1) is 0 Å². The van der Waals surface area contributed by atoms with Crippen molar-refractivity contribution in [2.75, 3.05) is 37.0 Å². The van der Waals surface area contributed by atoms with Gasteiger partial charge in [0.25, 0.3) is 5.91 Å². The average molecular weight is 644 g/mol. The third-order valence-electron chi connectivity index (χ3n) is 8.94. The van der Waals surface area contributed by atoms with E-state index in [0.717, 1.165) is 18.9 Å². The first-order valence-corrected chi connectivity index (χ1v) is 14.5. The number of alkyl halides is 6. The van der Waals surface area contributed by atoms with Crippen molar-refractivity contribution in [1.29, 1.82) is 0 Å². The van der Waals surface area contributed by atoms with E-state index < -0.39 is 59.3 Å². The minimum Gasteiger partial charge on any atom is -0.496 e. The van der Waals surface area contributed by atoms with Gasteiger partial charge < -0.3 is 25.4 Å². The number of aliphatic hydroxyl groups is 1. The summed E-state index contributed by atoms with van der Waals surface area (Å²) in [5.74, 6) is -5.93. The maximum absolute atomic E-state index is 13.8. The van der Waals surface area contributed by atoms with E-state index in [1.807, 2.05) is 4.90 Å². The molecule has 1 aliphatic heterocycles. The third-order valence-corrected chi connectivity index (χ3v) is 8.94. The van der Waals surface area contributed by atoms with E-state index in [2.05, 4.69) is 10.6 Å². The van der Waals surface area contributed by atoms with Crippen molar-refractivity contribution in [1.82, 2.24) is 5.32 Å². The second-order valence-corrected chi connectivity index (χ2v) is 11.7. The van der Waals surface area contributed by atoms with Gasteiger partial charge in [0.2, 0.25) is 5.91 Å². The van der Waals surface area contributed by atoms with Crippen LogP contribution in [0.25, 0.3) is 0 Å². The van der Waals surface area contributed by atoms with Crippen LogP contribution in [0.2, 0.25) is 0 Å². The molecule has 3 fully saturated rings. The number of halogens is 7. The number of methoxy groups -OCH3 is 1. The van der Waals surface area contributed by atoms with E-state index in [1.54, 1.807) is 18.2 Å². The molecule has 7 nitrogen and oxygen atoms in total. The van der Waals surface area contributed by atoms with Gasteiger partial charge in [0.15, 0.2) is 0 Å². The van der Waals surface area contributed by atoms with Gasteiger partial charge >= 0.3 is 12.4 Å². The Kier molecular flexibility index (Phi) is 9.07. The Morgan fingerprint density at radius 1 is 1.04 bits per heavy atom. The van der Waals surface area contributed by atoms with Crippen molar-refractivity contribution in [3.63, 3.8) is 0 Å². The number of hydrogen-bond donors (Lipinski definition) is 3. The first kappa shape index (κ1) is 32.6.